The van der Waals surface area contributed by atoms with Crippen LogP contribution in [0, 0.1) is 0 Å². The van der Waals surface area contributed by atoms with Crippen LogP contribution in [-0.4, -0.2) is 31.8 Å². The fraction of sp³-hybridized carbons (Fsp3) is 0.429. The second-order valence-electron chi connectivity index (χ2n) is 4.77. The normalized spacial score (nSPS) is 10.7. The van der Waals surface area contributed by atoms with Crippen molar-refractivity contribution in [1.29, 1.82) is 0 Å². The molecule has 112 valence electrons. The Morgan fingerprint density at radius 3 is 2.86 bits per heavy atom. The van der Waals surface area contributed by atoms with Gasteiger partial charge in [0.1, 0.15) is 6.33 Å². The third-order valence-electron chi connectivity index (χ3n) is 2.80. The van der Waals surface area contributed by atoms with Crippen LogP contribution < -0.4 is 10.1 Å². The van der Waals surface area contributed by atoms with Gasteiger partial charge in [-0.15, -0.1) is 10.2 Å². The van der Waals surface area contributed by atoms with Crippen LogP contribution in [0.1, 0.15) is 37.0 Å². The van der Waals surface area contributed by atoms with Crippen molar-refractivity contribution in [2.24, 2.45) is 0 Å². The van der Waals surface area contributed by atoms with Gasteiger partial charge in [-0.1, -0.05) is 0 Å². The van der Waals surface area contributed by atoms with Gasteiger partial charge in [-0.05, 0) is 26.8 Å². The first kappa shape index (κ1) is 15.0. The van der Waals surface area contributed by atoms with Crippen LogP contribution in [-0.2, 0) is 13.1 Å². The molecule has 1 N–H and O–H groups in total. The van der Waals surface area contributed by atoms with Gasteiger partial charge in [0.2, 0.25) is 5.88 Å². The molecule has 2 rings (SSSR count). The number of carbonyl (C=O) groups is 1. The molecule has 0 saturated heterocycles. The average molecular weight is 289 g/mol. The van der Waals surface area contributed by atoms with Crippen LogP contribution in [0.5, 0.6) is 5.88 Å². The maximum atomic E-state index is 12.0. The molecule has 7 nitrogen and oxygen atoms in total. The van der Waals surface area contributed by atoms with Gasteiger partial charge in [0.05, 0.1) is 18.2 Å². The smallest absolute Gasteiger partial charge is 0.253 e. The molecule has 0 saturated carbocycles. The second kappa shape index (κ2) is 6.83. The van der Waals surface area contributed by atoms with Gasteiger partial charge < -0.3 is 14.6 Å². The lowest BCUT2D eigenvalue weighted by Crippen LogP contribution is -2.24. The zero-order valence-corrected chi connectivity index (χ0v) is 12.4. The highest BCUT2D eigenvalue weighted by Gasteiger charge is 2.09. The fourth-order valence-electron chi connectivity index (χ4n) is 1.77. The minimum Gasteiger partial charge on any atom is -0.475 e. The molecule has 2 aromatic heterocycles. The van der Waals surface area contributed by atoms with Crippen LogP contribution in [0.15, 0.2) is 24.7 Å². The quantitative estimate of drug-likeness (QED) is 0.869. The lowest BCUT2D eigenvalue weighted by molar-refractivity contribution is 0.0949. The van der Waals surface area contributed by atoms with E-state index in [4.69, 9.17) is 4.74 Å². The van der Waals surface area contributed by atoms with E-state index in [9.17, 15) is 4.79 Å². The van der Waals surface area contributed by atoms with E-state index in [-0.39, 0.29) is 12.0 Å². The zero-order chi connectivity index (χ0) is 15.2. The molecule has 0 fully saturated rings. The Kier molecular flexibility index (Phi) is 4.86. The van der Waals surface area contributed by atoms with Crippen LogP contribution in [0.25, 0.3) is 0 Å². The summed E-state index contributed by atoms with van der Waals surface area (Å²) < 4.78 is 7.31. The van der Waals surface area contributed by atoms with E-state index in [1.165, 1.54) is 6.20 Å². The maximum absolute atomic E-state index is 12.0. The largest absolute Gasteiger partial charge is 0.475 e. The molecular formula is C14H19N5O2. The van der Waals surface area contributed by atoms with Gasteiger partial charge in [0, 0.05) is 18.8 Å². The third kappa shape index (κ3) is 4.01. The van der Waals surface area contributed by atoms with Crippen molar-refractivity contribution < 1.29 is 9.53 Å². The summed E-state index contributed by atoms with van der Waals surface area (Å²) in [5, 5.41) is 10.6. The Hall–Kier alpha value is -2.44. The number of nitrogens with one attached hydrogen (secondary N) is 1. The molecule has 0 aliphatic rings. The van der Waals surface area contributed by atoms with Crippen molar-refractivity contribution in [3.63, 3.8) is 0 Å². The summed E-state index contributed by atoms with van der Waals surface area (Å²) in [6.07, 6.45) is 3.19. The number of carbonyl (C=O) groups excluding carboxylic acids is 1. The summed E-state index contributed by atoms with van der Waals surface area (Å²) in [6, 6.07) is 3.37. The van der Waals surface area contributed by atoms with Crippen LogP contribution >= 0.6 is 0 Å². The predicted molar refractivity (Wildman–Crippen MR) is 76.9 cm³/mol. The van der Waals surface area contributed by atoms with Crippen molar-refractivity contribution in [1.82, 2.24) is 25.1 Å². The first-order valence-corrected chi connectivity index (χ1v) is 6.87. The molecule has 0 spiro atoms. The van der Waals surface area contributed by atoms with E-state index in [2.05, 4.69) is 20.5 Å². The summed E-state index contributed by atoms with van der Waals surface area (Å²) in [5.41, 5.74) is 0.480. The Morgan fingerprint density at radius 2 is 2.24 bits per heavy atom. The van der Waals surface area contributed by atoms with E-state index >= 15 is 0 Å². The number of pyridine rings is 1. The minimum absolute atomic E-state index is 0.0533. The van der Waals surface area contributed by atoms with Crippen molar-refractivity contribution in [2.75, 3.05) is 0 Å². The van der Waals surface area contributed by atoms with Crippen LogP contribution in [0.2, 0.25) is 0 Å². The molecule has 0 bridgehead atoms. The Bertz CT molecular complexity index is 592. The molecule has 0 atom stereocenters. The van der Waals surface area contributed by atoms with Crippen LogP contribution in [0.3, 0.4) is 0 Å². The van der Waals surface area contributed by atoms with E-state index in [1.54, 1.807) is 18.5 Å². The van der Waals surface area contributed by atoms with Crippen molar-refractivity contribution in [2.45, 2.75) is 40.0 Å². The molecule has 0 unspecified atom stereocenters. The average Bonchev–Trinajstić information content (AvgIpc) is 2.92. The third-order valence-corrected chi connectivity index (χ3v) is 2.80. The lowest BCUT2D eigenvalue weighted by atomic mass is 10.2. The number of hydrogen-bond acceptors (Lipinski definition) is 5. The van der Waals surface area contributed by atoms with Crippen molar-refractivity contribution in [3.05, 3.63) is 36.0 Å². The summed E-state index contributed by atoms with van der Waals surface area (Å²) >= 11 is 0. The first-order valence-electron chi connectivity index (χ1n) is 6.87. The molecule has 21 heavy (non-hydrogen) atoms. The number of hydrogen-bond donors (Lipinski definition) is 1. The molecular weight excluding hydrogens is 270 g/mol. The topological polar surface area (TPSA) is 81.9 Å². The minimum atomic E-state index is -0.204. The summed E-state index contributed by atoms with van der Waals surface area (Å²) in [7, 11) is 0. The number of aromatic nitrogens is 4. The first-order chi connectivity index (χ1) is 10.1. The van der Waals surface area contributed by atoms with E-state index in [1.807, 2.05) is 25.3 Å². The van der Waals surface area contributed by atoms with E-state index in [0.29, 0.717) is 18.0 Å². The molecule has 1 amide bonds. The highest BCUT2D eigenvalue weighted by atomic mass is 16.5. The van der Waals surface area contributed by atoms with Gasteiger partial charge in [0.25, 0.3) is 5.91 Å². The van der Waals surface area contributed by atoms with Gasteiger partial charge in [-0.2, -0.15) is 0 Å². The number of nitrogens with zero attached hydrogens (tertiary/aromatic N) is 4. The van der Waals surface area contributed by atoms with Gasteiger partial charge in [-0.25, -0.2) is 4.98 Å². The highest BCUT2D eigenvalue weighted by molar-refractivity contribution is 5.93. The highest BCUT2D eigenvalue weighted by Crippen LogP contribution is 2.09. The summed E-state index contributed by atoms with van der Waals surface area (Å²) in [4.78, 5) is 16.1. The number of rotatable bonds is 6. The Labute approximate surface area is 123 Å². The molecule has 2 heterocycles. The van der Waals surface area contributed by atoms with Gasteiger partial charge in [0.15, 0.2) is 5.82 Å². The monoisotopic (exact) mass is 289 g/mol. The second-order valence-corrected chi connectivity index (χ2v) is 4.77. The fourth-order valence-corrected chi connectivity index (χ4v) is 1.77. The maximum Gasteiger partial charge on any atom is 0.253 e. The molecule has 0 aliphatic carbocycles. The number of amides is 1. The molecule has 0 radical (unpaired) electrons. The van der Waals surface area contributed by atoms with Gasteiger partial charge in [-0.3, -0.25) is 4.79 Å². The summed E-state index contributed by atoms with van der Waals surface area (Å²) in [6.45, 7) is 6.93. The standard InChI is InChI=1S/C14H19N5O2/c1-4-19-9-17-18-12(19)8-16-14(20)11-5-6-13(15-7-11)21-10(2)3/h5-7,9-10H,4,8H2,1-3H3,(H,16,20). The van der Waals surface area contributed by atoms with E-state index < -0.39 is 0 Å². The zero-order valence-electron chi connectivity index (χ0n) is 12.4. The van der Waals surface area contributed by atoms with Crippen molar-refractivity contribution >= 4 is 5.91 Å². The predicted octanol–water partition coefficient (Wildman–Crippen LogP) is 1.41. The lowest BCUT2D eigenvalue weighted by Gasteiger charge is -2.09. The summed E-state index contributed by atoms with van der Waals surface area (Å²) in [5.74, 6) is 1.02. The number of ether oxygens (including phenoxy) is 1. The molecule has 0 aliphatic heterocycles. The Morgan fingerprint density at radius 1 is 1.43 bits per heavy atom. The Balaban J connectivity index is 1.94. The van der Waals surface area contributed by atoms with Gasteiger partial charge >= 0.3 is 0 Å². The SMILES string of the molecule is CCn1cnnc1CNC(=O)c1ccc(OC(C)C)nc1. The number of aryl methyl sites for hydroxylation is 1. The molecule has 7 heteroatoms. The molecule has 2 aromatic rings. The van der Waals surface area contributed by atoms with Crippen LogP contribution in [0.4, 0.5) is 0 Å². The molecule has 0 aromatic carbocycles. The van der Waals surface area contributed by atoms with Crippen molar-refractivity contribution in [3.8, 4) is 5.88 Å². The van der Waals surface area contributed by atoms with E-state index in [0.717, 1.165) is 12.4 Å².